The van der Waals surface area contributed by atoms with Gasteiger partial charge in [-0.15, -0.1) is 0 Å². The van der Waals surface area contributed by atoms with Crippen LogP contribution < -0.4 is 10.8 Å². The summed E-state index contributed by atoms with van der Waals surface area (Å²) in [6.07, 6.45) is 2.20. The van der Waals surface area contributed by atoms with Crippen LogP contribution in [0.15, 0.2) is 48.1 Å². The lowest BCUT2D eigenvalue weighted by Crippen LogP contribution is -2.35. The number of aromatic nitrogens is 4. The van der Waals surface area contributed by atoms with Gasteiger partial charge in [-0.05, 0) is 33.3 Å². The van der Waals surface area contributed by atoms with Gasteiger partial charge in [0, 0.05) is 0 Å². The molecule has 13 heteroatoms. The van der Waals surface area contributed by atoms with Crippen molar-refractivity contribution in [3.8, 4) is 0 Å². The number of imidazole rings is 1. The third kappa shape index (κ3) is 7.57. The number of fused-ring (bicyclic) bond motifs is 1. The van der Waals surface area contributed by atoms with Gasteiger partial charge in [0.15, 0.2) is 11.5 Å². The molecule has 3 atom stereocenters. The number of hydrogen-bond donors (Lipinski definition) is 2. The summed E-state index contributed by atoms with van der Waals surface area (Å²) in [5.74, 6) is -0.296. The fourth-order valence-electron chi connectivity index (χ4n) is 3.02. The van der Waals surface area contributed by atoms with Crippen LogP contribution >= 0.6 is 7.52 Å². The summed E-state index contributed by atoms with van der Waals surface area (Å²) >= 11 is 0. The number of anilines is 1. The zero-order chi connectivity index (χ0) is 25.4. The predicted octanol–water partition coefficient (Wildman–Crippen LogP) is 3.10. The highest BCUT2D eigenvalue weighted by molar-refractivity contribution is 7.56. The maximum absolute atomic E-state index is 13.4. The van der Waals surface area contributed by atoms with Gasteiger partial charge in [-0.2, -0.15) is 0 Å². The van der Waals surface area contributed by atoms with Gasteiger partial charge in [-0.25, -0.2) is 20.0 Å². The number of carbonyl (C=O) groups excluding carboxylic acids is 1. The van der Waals surface area contributed by atoms with Crippen molar-refractivity contribution in [2.45, 2.75) is 53.0 Å². The molecule has 1 unspecified atom stereocenters. The minimum absolute atomic E-state index is 0.101. The molecular weight excluding hydrogens is 473 g/mol. The SMILES string of the molecule is CC(C)=NOP(=O)(CO[C@H](C)Cn1cnc2c(N)ncnc21)N[C@@H](C)C(=O)OCc1ccccc1. The van der Waals surface area contributed by atoms with E-state index in [1.807, 2.05) is 30.3 Å². The highest BCUT2D eigenvalue weighted by atomic mass is 31.2. The molecule has 12 nitrogen and oxygen atoms in total. The van der Waals surface area contributed by atoms with Crippen LogP contribution in [0.2, 0.25) is 0 Å². The fraction of sp³-hybridized carbons (Fsp3) is 0.409. The van der Waals surface area contributed by atoms with E-state index in [1.165, 1.54) is 13.3 Å². The zero-order valence-electron chi connectivity index (χ0n) is 20.1. The van der Waals surface area contributed by atoms with Gasteiger partial charge in [0.05, 0.1) is 24.7 Å². The first-order chi connectivity index (χ1) is 16.7. The van der Waals surface area contributed by atoms with E-state index in [4.69, 9.17) is 19.8 Å². The lowest BCUT2D eigenvalue weighted by atomic mass is 10.2. The molecular formula is C22H30N7O5P. The van der Waals surface area contributed by atoms with Crippen molar-refractivity contribution in [1.29, 1.82) is 0 Å². The number of nitrogens with zero attached hydrogens (tertiary/aromatic N) is 5. The second-order valence-electron chi connectivity index (χ2n) is 8.17. The Morgan fingerprint density at radius 3 is 2.66 bits per heavy atom. The fourth-order valence-corrected chi connectivity index (χ4v) is 4.63. The van der Waals surface area contributed by atoms with Crippen molar-refractivity contribution in [1.82, 2.24) is 24.6 Å². The van der Waals surface area contributed by atoms with Crippen LogP contribution in [0, 0.1) is 0 Å². The number of esters is 1. The molecule has 0 aliphatic carbocycles. The van der Waals surface area contributed by atoms with Crippen LogP contribution in [0.4, 0.5) is 5.82 Å². The Bertz CT molecular complexity index is 1210. The summed E-state index contributed by atoms with van der Waals surface area (Å²) in [5.41, 5.74) is 8.28. The van der Waals surface area contributed by atoms with Gasteiger partial charge < -0.3 is 24.4 Å². The molecule has 0 aliphatic rings. The quantitative estimate of drug-likeness (QED) is 0.163. The van der Waals surface area contributed by atoms with E-state index in [0.717, 1.165) is 5.56 Å². The summed E-state index contributed by atoms with van der Waals surface area (Å²) in [5, 5.41) is 6.53. The first-order valence-electron chi connectivity index (χ1n) is 11.0. The van der Waals surface area contributed by atoms with Gasteiger partial charge >= 0.3 is 13.5 Å². The van der Waals surface area contributed by atoms with Crippen molar-refractivity contribution in [3.63, 3.8) is 0 Å². The zero-order valence-corrected chi connectivity index (χ0v) is 21.0. The van der Waals surface area contributed by atoms with E-state index in [0.29, 0.717) is 23.4 Å². The summed E-state index contributed by atoms with van der Waals surface area (Å²) in [7, 11) is -3.71. The minimum Gasteiger partial charge on any atom is -0.460 e. The van der Waals surface area contributed by atoms with Crippen molar-refractivity contribution in [2.75, 3.05) is 12.1 Å². The molecule has 0 aliphatic heterocycles. The average molecular weight is 504 g/mol. The van der Waals surface area contributed by atoms with Crippen LogP contribution in [-0.4, -0.2) is 49.7 Å². The molecule has 0 amide bonds. The smallest absolute Gasteiger partial charge is 0.364 e. The molecule has 0 saturated carbocycles. The van der Waals surface area contributed by atoms with Gasteiger partial charge in [0.1, 0.15) is 30.8 Å². The molecule has 3 rings (SSSR count). The van der Waals surface area contributed by atoms with E-state index in [-0.39, 0.29) is 18.8 Å². The lowest BCUT2D eigenvalue weighted by Gasteiger charge is -2.22. The van der Waals surface area contributed by atoms with E-state index < -0.39 is 25.6 Å². The van der Waals surface area contributed by atoms with Crippen molar-refractivity contribution in [2.24, 2.45) is 5.16 Å². The maximum atomic E-state index is 13.4. The van der Waals surface area contributed by atoms with Crippen LogP contribution in [-0.2, 0) is 36.6 Å². The first-order valence-corrected chi connectivity index (χ1v) is 12.8. The molecule has 3 aromatic rings. The first kappa shape index (κ1) is 26.3. The maximum Gasteiger partial charge on any atom is 0.364 e. The molecule has 0 saturated heterocycles. The summed E-state index contributed by atoms with van der Waals surface area (Å²) < 4.78 is 31.6. The Hall–Kier alpha value is -3.34. The number of nitrogens with one attached hydrogen (secondary N) is 1. The summed E-state index contributed by atoms with van der Waals surface area (Å²) in [6.45, 7) is 7.19. The van der Waals surface area contributed by atoms with E-state index in [2.05, 4.69) is 25.2 Å². The molecule has 0 bridgehead atoms. The number of carbonyl (C=O) groups is 1. The van der Waals surface area contributed by atoms with Crippen molar-refractivity contribution in [3.05, 3.63) is 48.5 Å². The van der Waals surface area contributed by atoms with Crippen molar-refractivity contribution < 1.29 is 23.5 Å². The highest BCUT2D eigenvalue weighted by Crippen LogP contribution is 2.44. The van der Waals surface area contributed by atoms with E-state index >= 15 is 0 Å². The van der Waals surface area contributed by atoms with Crippen LogP contribution in [0.5, 0.6) is 0 Å². The summed E-state index contributed by atoms with van der Waals surface area (Å²) in [4.78, 5) is 24.8. The predicted molar refractivity (Wildman–Crippen MR) is 131 cm³/mol. The lowest BCUT2D eigenvalue weighted by molar-refractivity contribution is -0.146. The third-order valence-electron chi connectivity index (χ3n) is 4.74. The molecule has 3 N–H and O–H groups in total. The van der Waals surface area contributed by atoms with Crippen LogP contribution in [0.25, 0.3) is 11.2 Å². The Balaban J connectivity index is 1.61. The second-order valence-corrected chi connectivity index (χ2v) is 10.2. The number of ether oxygens (including phenoxy) is 2. The number of rotatable bonds is 12. The minimum atomic E-state index is -3.71. The molecule has 35 heavy (non-hydrogen) atoms. The molecule has 0 radical (unpaired) electrons. The average Bonchev–Trinajstić information content (AvgIpc) is 3.24. The number of nitrogen functional groups attached to an aromatic ring is 1. The summed E-state index contributed by atoms with van der Waals surface area (Å²) in [6, 6.07) is 8.34. The Morgan fingerprint density at radius 2 is 1.94 bits per heavy atom. The number of benzene rings is 1. The number of hydrogen-bond acceptors (Lipinski definition) is 10. The Labute approximate surface area is 203 Å². The molecule has 0 spiro atoms. The van der Waals surface area contributed by atoms with Gasteiger partial charge in [0.25, 0.3) is 0 Å². The number of oxime groups is 1. The molecule has 1 aromatic carbocycles. The number of nitrogens with two attached hydrogens (primary N) is 1. The van der Waals surface area contributed by atoms with E-state index in [9.17, 15) is 9.36 Å². The van der Waals surface area contributed by atoms with Gasteiger partial charge in [-0.3, -0.25) is 9.36 Å². The normalized spacial score (nSPS) is 14.6. The third-order valence-corrected chi connectivity index (χ3v) is 6.35. The standard InChI is InChI=1S/C22H30N7O5P/c1-15(2)27-34-35(31,28-17(4)22(30)32-11-18-8-6-5-7-9-18)14-33-16(3)10-29-13-26-19-20(23)24-12-25-21(19)29/h5-9,12-13,16-17H,10-11,14H2,1-4H3,(H,28,31)(H2,23,24,25)/t16-,17+,35?/m1/s1. The Morgan fingerprint density at radius 1 is 1.20 bits per heavy atom. The van der Waals surface area contributed by atoms with Crippen molar-refractivity contribution >= 4 is 36.2 Å². The Kier molecular flexibility index (Phi) is 8.91. The van der Waals surface area contributed by atoms with Gasteiger partial charge in [-0.1, -0.05) is 35.5 Å². The molecule has 188 valence electrons. The van der Waals surface area contributed by atoms with E-state index in [1.54, 1.807) is 31.7 Å². The largest absolute Gasteiger partial charge is 0.460 e. The monoisotopic (exact) mass is 503 g/mol. The molecule has 2 aromatic heterocycles. The molecule has 2 heterocycles. The highest BCUT2D eigenvalue weighted by Gasteiger charge is 2.32. The van der Waals surface area contributed by atoms with Gasteiger partial charge in [0.2, 0.25) is 0 Å². The second kappa shape index (κ2) is 11.9. The van der Waals surface area contributed by atoms with Crippen LogP contribution in [0.3, 0.4) is 0 Å². The molecule has 0 fully saturated rings. The topological polar surface area (TPSA) is 156 Å². The van der Waals surface area contributed by atoms with Crippen LogP contribution in [0.1, 0.15) is 33.3 Å².